The molecule has 3 aromatic rings. The van der Waals surface area contributed by atoms with E-state index in [1.807, 2.05) is 54.8 Å². The van der Waals surface area contributed by atoms with Crippen LogP contribution in [0, 0.1) is 5.92 Å². The lowest BCUT2D eigenvalue weighted by atomic mass is 10.1. The number of nitrogens with zero attached hydrogens (tertiary/aromatic N) is 3. The van der Waals surface area contributed by atoms with E-state index in [0.717, 1.165) is 10.4 Å². The Bertz CT molecular complexity index is 951. The van der Waals surface area contributed by atoms with Crippen LogP contribution in [-0.4, -0.2) is 46.8 Å². The van der Waals surface area contributed by atoms with E-state index >= 15 is 0 Å². The number of hydrogen-bond donors (Lipinski definition) is 0. The first-order chi connectivity index (χ1) is 14.0. The van der Waals surface area contributed by atoms with Gasteiger partial charge in [-0.2, -0.15) is 5.10 Å². The van der Waals surface area contributed by atoms with E-state index < -0.39 is 5.92 Å². The predicted molar refractivity (Wildman–Crippen MR) is 114 cm³/mol. The van der Waals surface area contributed by atoms with Crippen molar-refractivity contribution in [1.82, 2.24) is 14.7 Å². The Morgan fingerprint density at radius 1 is 1.21 bits per heavy atom. The Hall–Kier alpha value is -2.93. The molecular weight excluding hydrogens is 386 g/mol. The predicted octanol–water partition coefficient (Wildman–Crippen LogP) is 3.93. The molecule has 0 saturated heterocycles. The lowest BCUT2D eigenvalue weighted by molar-refractivity contribution is -0.145. The first kappa shape index (κ1) is 20.8. The van der Waals surface area contributed by atoms with Gasteiger partial charge in [0.2, 0.25) is 0 Å². The maximum atomic E-state index is 13.3. The molecule has 0 bridgehead atoms. The standard InChI is InChI=1S/C22H25N3O3S/c1-4-24(13-16(2)22(27)28-3)21(26)18-15-25(14-17-9-6-5-7-10-17)23-20(18)19-11-8-12-29-19/h5-12,15-16H,4,13-14H2,1-3H3. The molecule has 1 amide bonds. The van der Waals surface area contributed by atoms with E-state index in [0.29, 0.717) is 30.9 Å². The molecule has 0 aliphatic rings. The van der Waals surface area contributed by atoms with Crippen LogP contribution >= 0.6 is 11.3 Å². The van der Waals surface area contributed by atoms with Gasteiger partial charge in [-0.05, 0) is 23.9 Å². The van der Waals surface area contributed by atoms with E-state index in [9.17, 15) is 9.59 Å². The summed E-state index contributed by atoms with van der Waals surface area (Å²) in [6.45, 7) is 5.04. The second kappa shape index (κ2) is 9.52. The van der Waals surface area contributed by atoms with Crippen molar-refractivity contribution in [2.45, 2.75) is 20.4 Å². The third-order valence-electron chi connectivity index (χ3n) is 4.70. The van der Waals surface area contributed by atoms with Gasteiger partial charge in [0.25, 0.3) is 5.91 Å². The molecule has 0 N–H and O–H groups in total. The monoisotopic (exact) mass is 411 g/mol. The third kappa shape index (κ3) is 4.92. The summed E-state index contributed by atoms with van der Waals surface area (Å²) in [5, 5.41) is 6.67. The Morgan fingerprint density at radius 3 is 2.59 bits per heavy atom. The van der Waals surface area contributed by atoms with Crippen LogP contribution in [0.3, 0.4) is 0 Å². The van der Waals surface area contributed by atoms with Crippen molar-refractivity contribution in [2.75, 3.05) is 20.2 Å². The third-order valence-corrected chi connectivity index (χ3v) is 5.58. The zero-order chi connectivity index (χ0) is 20.8. The zero-order valence-corrected chi connectivity index (χ0v) is 17.7. The smallest absolute Gasteiger partial charge is 0.310 e. The van der Waals surface area contributed by atoms with Crippen molar-refractivity contribution in [2.24, 2.45) is 5.92 Å². The Kier molecular flexibility index (Phi) is 6.82. The van der Waals surface area contributed by atoms with Crippen LogP contribution in [0.25, 0.3) is 10.6 Å². The summed E-state index contributed by atoms with van der Waals surface area (Å²) in [7, 11) is 1.36. The molecule has 0 fully saturated rings. The van der Waals surface area contributed by atoms with Crippen LogP contribution < -0.4 is 0 Å². The fourth-order valence-electron chi connectivity index (χ4n) is 3.16. The van der Waals surface area contributed by atoms with Crippen molar-refractivity contribution in [1.29, 1.82) is 0 Å². The van der Waals surface area contributed by atoms with Crippen molar-refractivity contribution >= 4 is 23.2 Å². The van der Waals surface area contributed by atoms with Gasteiger partial charge in [0.1, 0.15) is 5.69 Å². The average molecular weight is 412 g/mol. The molecule has 0 spiro atoms. The number of hydrogen-bond acceptors (Lipinski definition) is 5. The van der Waals surface area contributed by atoms with Crippen LogP contribution in [0.1, 0.15) is 29.8 Å². The molecule has 3 rings (SSSR count). The first-order valence-electron chi connectivity index (χ1n) is 9.55. The van der Waals surface area contributed by atoms with Gasteiger partial charge in [0.15, 0.2) is 0 Å². The highest BCUT2D eigenvalue weighted by Gasteiger charge is 2.26. The molecule has 0 aliphatic heterocycles. The van der Waals surface area contributed by atoms with Crippen LogP contribution in [0.5, 0.6) is 0 Å². The Morgan fingerprint density at radius 2 is 1.97 bits per heavy atom. The molecule has 0 radical (unpaired) electrons. The summed E-state index contributed by atoms with van der Waals surface area (Å²) >= 11 is 1.55. The number of rotatable bonds is 8. The molecule has 1 unspecified atom stereocenters. The normalized spacial score (nSPS) is 11.8. The van der Waals surface area contributed by atoms with Gasteiger partial charge in [0, 0.05) is 19.3 Å². The van der Waals surface area contributed by atoms with Gasteiger partial charge in [-0.15, -0.1) is 11.3 Å². The van der Waals surface area contributed by atoms with Crippen LogP contribution in [0.4, 0.5) is 0 Å². The van der Waals surface area contributed by atoms with E-state index in [1.54, 1.807) is 34.0 Å². The zero-order valence-electron chi connectivity index (χ0n) is 16.9. The van der Waals surface area contributed by atoms with Crippen molar-refractivity contribution in [3.8, 4) is 10.6 Å². The maximum Gasteiger partial charge on any atom is 0.310 e. The van der Waals surface area contributed by atoms with Gasteiger partial charge < -0.3 is 9.64 Å². The molecule has 29 heavy (non-hydrogen) atoms. The van der Waals surface area contributed by atoms with Gasteiger partial charge in [0.05, 0.1) is 30.0 Å². The minimum atomic E-state index is -0.395. The minimum absolute atomic E-state index is 0.133. The molecule has 2 aromatic heterocycles. The number of carbonyl (C=O) groups is 2. The number of carbonyl (C=O) groups excluding carboxylic acids is 2. The van der Waals surface area contributed by atoms with Crippen LogP contribution in [0.15, 0.2) is 54.0 Å². The second-order valence-corrected chi connectivity index (χ2v) is 7.77. The number of esters is 1. The summed E-state index contributed by atoms with van der Waals surface area (Å²) in [4.78, 5) is 27.7. The summed E-state index contributed by atoms with van der Waals surface area (Å²) in [6, 6.07) is 13.9. The van der Waals surface area contributed by atoms with Crippen LogP contribution in [0.2, 0.25) is 0 Å². The SMILES string of the molecule is CCN(CC(C)C(=O)OC)C(=O)c1cn(Cc2ccccc2)nc1-c1cccs1. The molecule has 0 saturated carbocycles. The second-order valence-electron chi connectivity index (χ2n) is 6.82. The van der Waals surface area contributed by atoms with E-state index in [1.165, 1.54) is 7.11 Å². The summed E-state index contributed by atoms with van der Waals surface area (Å²) in [6.07, 6.45) is 1.80. The molecular formula is C22H25N3O3S. The first-order valence-corrected chi connectivity index (χ1v) is 10.4. The maximum absolute atomic E-state index is 13.3. The fourth-order valence-corrected chi connectivity index (χ4v) is 3.88. The molecule has 7 heteroatoms. The van der Waals surface area contributed by atoms with Gasteiger partial charge >= 0.3 is 5.97 Å². The summed E-state index contributed by atoms with van der Waals surface area (Å²) in [5.74, 6) is -0.853. The van der Waals surface area contributed by atoms with Gasteiger partial charge in [-0.1, -0.05) is 43.3 Å². The molecule has 1 aromatic carbocycles. The number of thiophene rings is 1. The summed E-state index contributed by atoms with van der Waals surface area (Å²) in [5.41, 5.74) is 2.32. The number of amides is 1. The lowest BCUT2D eigenvalue weighted by Crippen LogP contribution is -2.37. The summed E-state index contributed by atoms with van der Waals surface area (Å²) < 4.78 is 6.61. The molecule has 6 nitrogen and oxygen atoms in total. The fraction of sp³-hybridized carbons (Fsp3) is 0.318. The number of methoxy groups -OCH3 is 1. The van der Waals surface area contributed by atoms with Crippen molar-refractivity contribution < 1.29 is 14.3 Å². The van der Waals surface area contributed by atoms with Crippen LogP contribution in [-0.2, 0) is 16.1 Å². The highest BCUT2D eigenvalue weighted by molar-refractivity contribution is 7.13. The van der Waals surface area contributed by atoms with Crippen molar-refractivity contribution in [3.05, 3.63) is 65.2 Å². The molecule has 152 valence electrons. The highest BCUT2D eigenvalue weighted by Crippen LogP contribution is 2.28. The lowest BCUT2D eigenvalue weighted by Gasteiger charge is -2.23. The van der Waals surface area contributed by atoms with E-state index in [2.05, 4.69) is 0 Å². The van der Waals surface area contributed by atoms with E-state index in [4.69, 9.17) is 9.84 Å². The highest BCUT2D eigenvalue weighted by atomic mass is 32.1. The average Bonchev–Trinajstić information content (AvgIpc) is 3.41. The number of aromatic nitrogens is 2. The number of ether oxygens (including phenoxy) is 1. The Balaban J connectivity index is 1.91. The number of benzene rings is 1. The quantitative estimate of drug-likeness (QED) is 0.527. The van der Waals surface area contributed by atoms with E-state index in [-0.39, 0.29) is 11.9 Å². The topological polar surface area (TPSA) is 64.4 Å². The molecule has 0 aliphatic carbocycles. The van der Waals surface area contributed by atoms with Gasteiger partial charge in [-0.25, -0.2) is 0 Å². The Labute approximate surface area is 174 Å². The molecule has 2 heterocycles. The largest absolute Gasteiger partial charge is 0.469 e. The van der Waals surface area contributed by atoms with Gasteiger partial charge in [-0.3, -0.25) is 14.3 Å². The molecule has 1 atom stereocenters. The minimum Gasteiger partial charge on any atom is -0.469 e. The van der Waals surface area contributed by atoms with Crippen molar-refractivity contribution in [3.63, 3.8) is 0 Å².